The van der Waals surface area contributed by atoms with Gasteiger partial charge in [0, 0.05) is 6.54 Å². The molecule has 0 unspecified atom stereocenters. The summed E-state index contributed by atoms with van der Waals surface area (Å²) < 4.78 is 18.6. The third-order valence-electron chi connectivity index (χ3n) is 2.87. The van der Waals surface area contributed by atoms with Crippen LogP contribution in [-0.4, -0.2) is 6.54 Å². The van der Waals surface area contributed by atoms with Crippen LogP contribution in [0.15, 0.2) is 36.4 Å². The van der Waals surface area contributed by atoms with Gasteiger partial charge in [-0.25, -0.2) is 4.39 Å². The van der Waals surface area contributed by atoms with Gasteiger partial charge >= 0.3 is 0 Å². The topological polar surface area (TPSA) is 21.3 Å². The zero-order valence-corrected chi connectivity index (χ0v) is 13.1. The van der Waals surface area contributed by atoms with Crippen LogP contribution in [0, 0.1) is 5.82 Å². The largest absolute Gasteiger partial charge is 0.454 e. The van der Waals surface area contributed by atoms with Gasteiger partial charge in [0.1, 0.15) is 17.3 Å². The minimum atomic E-state index is -0.407. The first-order valence-electron chi connectivity index (χ1n) is 6.72. The van der Waals surface area contributed by atoms with Gasteiger partial charge in [0.2, 0.25) is 0 Å². The molecule has 2 aromatic carbocycles. The fraction of sp³-hybridized carbons (Fsp3) is 0.250. The molecule has 0 aliphatic heterocycles. The van der Waals surface area contributed by atoms with E-state index in [1.807, 2.05) is 12.1 Å². The summed E-state index contributed by atoms with van der Waals surface area (Å²) in [7, 11) is 0. The average Bonchev–Trinajstić information content (AvgIpc) is 2.44. The molecule has 0 atom stereocenters. The Morgan fingerprint density at radius 1 is 1.05 bits per heavy atom. The normalized spacial score (nSPS) is 10.7. The number of halogens is 3. The van der Waals surface area contributed by atoms with Crippen molar-refractivity contribution in [3.63, 3.8) is 0 Å². The molecule has 2 rings (SSSR count). The van der Waals surface area contributed by atoms with Gasteiger partial charge in [-0.1, -0.05) is 36.2 Å². The molecule has 0 fully saturated rings. The molecule has 0 bridgehead atoms. The molecule has 0 radical (unpaired) electrons. The SMILES string of the molecule is CCCNCc1ccc(Oc2ccc(F)cc2Cl)c(Cl)c1. The maximum Gasteiger partial charge on any atom is 0.146 e. The van der Waals surface area contributed by atoms with E-state index in [1.165, 1.54) is 18.2 Å². The van der Waals surface area contributed by atoms with E-state index < -0.39 is 5.82 Å². The van der Waals surface area contributed by atoms with Gasteiger partial charge in [0.05, 0.1) is 10.0 Å². The van der Waals surface area contributed by atoms with Crippen molar-refractivity contribution in [3.05, 3.63) is 57.8 Å². The molecule has 0 amide bonds. The summed E-state index contributed by atoms with van der Waals surface area (Å²) in [6, 6.07) is 9.53. The fourth-order valence-corrected chi connectivity index (χ4v) is 2.27. The van der Waals surface area contributed by atoms with Crippen molar-refractivity contribution >= 4 is 23.2 Å². The third kappa shape index (κ3) is 4.60. The summed E-state index contributed by atoms with van der Waals surface area (Å²) in [5, 5.41) is 4.00. The quantitative estimate of drug-likeness (QED) is 0.715. The van der Waals surface area contributed by atoms with Crippen LogP contribution in [0.2, 0.25) is 10.0 Å². The Labute approximate surface area is 133 Å². The number of benzene rings is 2. The number of ether oxygens (including phenoxy) is 1. The Morgan fingerprint density at radius 3 is 2.33 bits per heavy atom. The van der Waals surface area contributed by atoms with E-state index in [1.54, 1.807) is 6.07 Å². The van der Waals surface area contributed by atoms with Crippen molar-refractivity contribution < 1.29 is 9.13 Å². The summed E-state index contributed by atoms with van der Waals surface area (Å²) in [6.45, 7) is 3.83. The van der Waals surface area contributed by atoms with Crippen molar-refractivity contribution in [2.24, 2.45) is 0 Å². The van der Waals surface area contributed by atoms with Crippen molar-refractivity contribution in [1.29, 1.82) is 0 Å². The van der Waals surface area contributed by atoms with Gasteiger partial charge in [-0.05, 0) is 48.9 Å². The minimum Gasteiger partial charge on any atom is -0.454 e. The van der Waals surface area contributed by atoms with Crippen LogP contribution >= 0.6 is 23.2 Å². The summed E-state index contributed by atoms with van der Waals surface area (Å²) in [5.74, 6) is 0.456. The van der Waals surface area contributed by atoms with Crippen molar-refractivity contribution in [1.82, 2.24) is 5.32 Å². The van der Waals surface area contributed by atoms with Gasteiger partial charge in [-0.15, -0.1) is 0 Å². The lowest BCUT2D eigenvalue weighted by atomic mass is 10.2. The van der Waals surface area contributed by atoms with Crippen molar-refractivity contribution in [3.8, 4) is 11.5 Å². The van der Waals surface area contributed by atoms with Gasteiger partial charge in [-0.3, -0.25) is 0 Å². The van der Waals surface area contributed by atoms with E-state index in [0.29, 0.717) is 16.5 Å². The third-order valence-corrected chi connectivity index (χ3v) is 3.46. The summed E-state index contributed by atoms with van der Waals surface area (Å²) in [6.07, 6.45) is 1.08. The second-order valence-corrected chi connectivity index (χ2v) is 5.43. The summed E-state index contributed by atoms with van der Waals surface area (Å²) in [5.41, 5.74) is 1.08. The van der Waals surface area contributed by atoms with Gasteiger partial charge in [0.15, 0.2) is 0 Å². The Morgan fingerprint density at radius 2 is 1.71 bits per heavy atom. The van der Waals surface area contributed by atoms with E-state index in [2.05, 4.69) is 12.2 Å². The minimum absolute atomic E-state index is 0.208. The van der Waals surface area contributed by atoms with Gasteiger partial charge in [0.25, 0.3) is 0 Å². The Balaban J connectivity index is 2.10. The first-order chi connectivity index (χ1) is 10.1. The van der Waals surface area contributed by atoms with Gasteiger partial charge < -0.3 is 10.1 Å². The van der Waals surface area contributed by atoms with Crippen LogP contribution in [0.5, 0.6) is 11.5 Å². The van der Waals surface area contributed by atoms with Crippen molar-refractivity contribution in [2.75, 3.05) is 6.54 Å². The first-order valence-corrected chi connectivity index (χ1v) is 7.47. The average molecular weight is 328 g/mol. The second kappa shape index (κ2) is 7.64. The molecular weight excluding hydrogens is 312 g/mol. The number of rotatable bonds is 6. The highest BCUT2D eigenvalue weighted by Crippen LogP contribution is 2.34. The maximum atomic E-state index is 13.0. The molecule has 112 valence electrons. The van der Waals surface area contributed by atoms with E-state index in [4.69, 9.17) is 27.9 Å². The molecule has 0 spiro atoms. The van der Waals surface area contributed by atoms with Crippen LogP contribution in [0.4, 0.5) is 4.39 Å². The molecule has 0 aliphatic carbocycles. The molecule has 21 heavy (non-hydrogen) atoms. The number of hydrogen-bond acceptors (Lipinski definition) is 2. The zero-order chi connectivity index (χ0) is 15.2. The fourth-order valence-electron chi connectivity index (χ4n) is 1.82. The molecule has 0 saturated heterocycles. The number of nitrogens with one attached hydrogen (secondary N) is 1. The van der Waals surface area contributed by atoms with E-state index >= 15 is 0 Å². The van der Waals surface area contributed by atoms with E-state index in [0.717, 1.165) is 25.1 Å². The highest BCUT2D eigenvalue weighted by molar-refractivity contribution is 6.32. The highest BCUT2D eigenvalue weighted by Gasteiger charge is 2.08. The molecule has 2 nitrogen and oxygen atoms in total. The lowest BCUT2D eigenvalue weighted by Gasteiger charge is -2.11. The summed E-state index contributed by atoms with van der Waals surface area (Å²) >= 11 is 12.1. The maximum absolute atomic E-state index is 13.0. The molecule has 0 saturated carbocycles. The lowest BCUT2D eigenvalue weighted by Crippen LogP contribution is -2.13. The molecule has 2 aromatic rings. The second-order valence-electron chi connectivity index (χ2n) is 4.62. The van der Waals surface area contributed by atoms with Crippen molar-refractivity contribution in [2.45, 2.75) is 19.9 Å². The van der Waals surface area contributed by atoms with Crippen LogP contribution in [0.25, 0.3) is 0 Å². The Hall–Kier alpha value is -1.29. The van der Waals surface area contributed by atoms with E-state index in [-0.39, 0.29) is 5.02 Å². The summed E-state index contributed by atoms with van der Waals surface area (Å²) in [4.78, 5) is 0. The van der Waals surface area contributed by atoms with Crippen LogP contribution in [-0.2, 0) is 6.54 Å². The van der Waals surface area contributed by atoms with E-state index in [9.17, 15) is 4.39 Å². The molecule has 5 heteroatoms. The molecule has 1 N–H and O–H groups in total. The molecule has 0 aliphatic rings. The van der Waals surface area contributed by atoms with Crippen LogP contribution in [0.1, 0.15) is 18.9 Å². The molecular formula is C16H16Cl2FNO. The van der Waals surface area contributed by atoms with Crippen LogP contribution in [0.3, 0.4) is 0 Å². The smallest absolute Gasteiger partial charge is 0.146 e. The Bertz CT molecular complexity index is 619. The van der Waals surface area contributed by atoms with Crippen LogP contribution < -0.4 is 10.1 Å². The predicted molar refractivity (Wildman–Crippen MR) is 84.9 cm³/mol. The van der Waals surface area contributed by atoms with Gasteiger partial charge in [-0.2, -0.15) is 0 Å². The molecule has 0 heterocycles. The molecule has 0 aromatic heterocycles. The lowest BCUT2D eigenvalue weighted by molar-refractivity contribution is 0.480. The Kier molecular flexibility index (Phi) is 5.85. The first kappa shape index (κ1) is 16.1. The number of hydrogen-bond donors (Lipinski definition) is 1. The zero-order valence-electron chi connectivity index (χ0n) is 11.6. The predicted octanol–water partition coefficient (Wildman–Crippen LogP) is 5.42. The standard InChI is InChI=1S/C16H16Cl2FNO/c1-2-7-20-10-11-3-5-15(13(17)8-11)21-16-6-4-12(19)9-14(16)18/h3-6,8-9,20H,2,7,10H2,1H3. The monoisotopic (exact) mass is 327 g/mol. The highest BCUT2D eigenvalue weighted by atomic mass is 35.5.